The second kappa shape index (κ2) is 11.5. The van der Waals surface area contributed by atoms with E-state index in [0.29, 0.717) is 0 Å². The minimum Gasteiger partial charge on any atom is -0.481 e. The summed E-state index contributed by atoms with van der Waals surface area (Å²) in [5.41, 5.74) is 0. The molecule has 0 aromatic rings. The van der Waals surface area contributed by atoms with Gasteiger partial charge >= 0.3 is 0 Å². The zero-order valence-electron chi connectivity index (χ0n) is 10.4. The van der Waals surface area contributed by atoms with Crippen LogP contribution in [0.15, 0.2) is 0 Å². The van der Waals surface area contributed by atoms with Crippen LogP contribution in [0.25, 0.3) is 0 Å². The molecule has 0 aliphatic rings. The molecule has 0 saturated carbocycles. The van der Waals surface area contributed by atoms with Crippen LogP contribution in [0.2, 0.25) is 0 Å². The van der Waals surface area contributed by atoms with Gasteiger partial charge < -0.3 is 15.1 Å². The summed E-state index contributed by atoms with van der Waals surface area (Å²) in [5, 5.41) is 16.7. The number of rotatable bonds is 6. The third kappa shape index (κ3) is 16.1. The molecule has 2 N–H and O–H groups in total. The van der Waals surface area contributed by atoms with Gasteiger partial charge in [-0.25, -0.2) is 0 Å². The van der Waals surface area contributed by atoms with Gasteiger partial charge in [-0.2, -0.15) is 0 Å². The molecule has 0 fully saturated rings. The summed E-state index contributed by atoms with van der Waals surface area (Å²) in [7, 11) is 0. The minimum absolute atomic E-state index is 0.101. The fourth-order valence-corrected chi connectivity index (χ4v) is 1.08. The van der Waals surface area contributed by atoms with Crippen molar-refractivity contribution in [3.8, 4) is 0 Å². The SMILES string of the molecule is CC(=O)O.CCC(O)CCN(CC)CC. The fraction of sp³-hybridized carbons (Fsp3) is 0.909. The number of hydrogen-bond acceptors (Lipinski definition) is 3. The predicted molar refractivity (Wildman–Crippen MR) is 62.0 cm³/mol. The average Bonchev–Trinajstić information content (AvgIpc) is 2.18. The molecular weight excluding hydrogens is 194 g/mol. The van der Waals surface area contributed by atoms with Crippen LogP contribution in [-0.2, 0) is 4.79 Å². The largest absolute Gasteiger partial charge is 0.481 e. The van der Waals surface area contributed by atoms with Gasteiger partial charge in [-0.1, -0.05) is 20.8 Å². The van der Waals surface area contributed by atoms with Crippen LogP contribution in [0.4, 0.5) is 0 Å². The number of nitrogens with zero attached hydrogens (tertiary/aromatic N) is 1. The van der Waals surface area contributed by atoms with Gasteiger partial charge in [-0.15, -0.1) is 0 Å². The molecule has 0 rings (SSSR count). The van der Waals surface area contributed by atoms with Gasteiger partial charge in [-0.05, 0) is 25.9 Å². The number of carboxylic acids is 1. The van der Waals surface area contributed by atoms with E-state index in [1.165, 1.54) is 0 Å². The van der Waals surface area contributed by atoms with E-state index >= 15 is 0 Å². The van der Waals surface area contributed by atoms with Crippen molar-refractivity contribution in [1.29, 1.82) is 0 Å². The van der Waals surface area contributed by atoms with Crippen LogP contribution in [0.5, 0.6) is 0 Å². The Morgan fingerprint density at radius 2 is 1.67 bits per heavy atom. The van der Waals surface area contributed by atoms with Gasteiger partial charge in [-0.3, -0.25) is 4.79 Å². The summed E-state index contributed by atoms with van der Waals surface area (Å²) in [6, 6.07) is 0. The Morgan fingerprint density at radius 1 is 1.27 bits per heavy atom. The van der Waals surface area contributed by atoms with Crippen molar-refractivity contribution in [2.45, 2.75) is 46.6 Å². The Kier molecular flexibility index (Phi) is 12.8. The second-order valence-electron chi connectivity index (χ2n) is 3.40. The number of aliphatic carboxylic acids is 1. The predicted octanol–water partition coefficient (Wildman–Crippen LogP) is 1.58. The van der Waals surface area contributed by atoms with E-state index in [2.05, 4.69) is 18.7 Å². The molecule has 15 heavy (non-hydrogen) atoms. The quantitative estimate of drug-likeness (QED) is 0.712. The van der Waals surface area contributed by atoms with Crippen LogP contribution in [-0.4, -0.2) is 46.8 Å². The molecule has 0 spiro atoms. The molecule has 1 atom stereocenters. The smallest absolute Gasteiger partial charge is 0.300 e. The number of aliphatic hydroxyl groups is 1. The molecule has 92 valence electrons. The summed E-state index contributed by atoms with van der Waals surface area (Å²) in [6.45, 7) is 10.6. The Bertz CT molecular complexity index is 143. The number of carboxylic acid groups (broad SMARTS) is 1. The molecule has 4 nitrogen and oxygen atoms in total. The van der Waals surface area contributed by atoms with Gasteiger partial charge in [0.1, 0.15) is 0 Å². The third-order valence-corrected chi connectivity index (χ3v) is 2.14. The highest BCUT2D eigenvalue weighted by Gasteiger charge is 2.03. The molecule has 0 bridgehead atoms. The molecule has 1 unspecified atom stereocenters. The highest BCUT2D eigenvalue weighted by molar-refractivity contribution is 5.62. The highest BCUT2D eigenvalue weighted by atomic mass is 16.4. The lowest BCUT2D eigenvalue weighted by molar-refractivity contribution is -0.134. The molecule has 0 aromatic carbocycles. The molecule has 0 aliphatic carbocycles. The van der Waals surface area contributed by atoms with Crippen molar-refractivity contribution < 1.29 is 15.0 Å². The van der Waals surface area contributed by atoms with Gasteiger partial charge in [0.2, 0.25) is 0 Å². The first-order valence-electron chi connectivity index (χ1n) is 5.57. The first-order valence-corrected chi connectivity index (χ1v) is 5.57. The van der Waals surface area contributed by atoms with Crippen molar-refractivity contribution in [3.63, 3.8) is 0 Å². The van der Waals surface area contributed by atoms with Crippen molar-refractivity contribution in [2.24, 2.45) is 0 Å². The van der Waals surface area contributed by atoms with Crippen LogP contribution < -0.4 is 0 Å². The molecule has 0 heterocycles. The molecule has 0 amide bonds. The van der Waals surface area contributed by atoms with E-state index in [9.17, 15) is 5.11 Å². The molecule has 0 aliphatic heterocycles. The highest BCUT2D eigenvalue weighted by Crippen LogP contribution is 1.98. The molecular formula is C11H25NO3. The standard InChI is InChI=1S/C9H21NO.C2H4O2/c1-4-9(11)7-8-10(5-2)6-3;1-2(3)4/h9,11H,4-8H2,1-3H3;1H3,(H,3,4). The Morgan fingerprint density at radius 3 is 1.93 bits per heavy atom. The number of carbonyl (C=O) groups is 1. The molecule has 0 radical (unpaired) electrons. The van der Waals surface area contributed by atoms with Crippen molar-refractivity contribution in [2.75, 3.05) is 19.6 Å². The van der Waals surface area contributed by atoms with Crippen LogP contribution >= 0.6 is 0 Å². The van der Waals surface area contributed by atoms with Gasteiger partial charge in [0, 0.05) is 13.5 Å². The van der Waals surface area contributed by atoms with Gasteiger partial charge in [0.15, 0.2) is 0 Å². The summed E-state index contributed by atoms with van der Waals surface area (Å²) >= 11 is 0. The Balaban J connectivity index is 0. The van der Waals surface area contributed by atoms with Gasteiger partial charge in [0.05, 0.1) is 6.10 Å². The van der Waals surface area contributed by atoms with E-state index in [1.54, 1.807) is 0 Å². The Labute approximate surface area is 92.9 Å². The van der Waals surface area contributed by atoms with Crippen LogP contribution in [0, 0.1) is 0 Å². The minimum atomic E-state index is -0.833. The Hall–Kier alpha value is -0.610. The first-order chi connectivity index (χ1) is 6.97. The van der Waals surface area contributed by atoms with E-state index < -0.39 is 5.97 Å². The normalized spacial score (nSPS) is 11.9. The summed E-state index contributed by atoms with van der Waals surface area (Å²) in [5.74, 6) is -0.833. The lowest BCUT2D eigenvalue weighted by Gasteiger charge is -2.19. The van der Waals surface area contributed by atoms with Gasteiger partial charge in [0.25, 0.3) is 5.97 Å². The van der Waals surface area contributed by atoms with Crippen molar-refractivity contribution >= 4 is 5.97 Å². The van der Waals surface area contributed by atoms with Crippen molar-refractivity contribution in [1.82, 2.24) is 4.90 Å². The number of hydrogen-bond donors (Lipinski definition) is 2. The fourth-order valence-electron chi connectivity index (χ4n) is 1.08. The zero-order valence-corrected chi connectivity index (χ0v) is 10.4. The summed E-state index contributed by atoms with van der Waals surface area (Å²) < 4.78 is 0. The third-order valence-electron chi connectivity index (χ3n) is 2.14. The summed E-state index contributed by atoms with van der Waals surface area (Å²) in [6.07, 6.45) is 1.69. The van der Waals surface area contributed by atoms with E-state index in [-0.39, 0.29) is 6.10 Å². The second-order valence-corrected chi connectivity index (χ2v) is 3.40. The first kappa shape index (κ1) is 16.8. The monoisotopic (exact) mass is 219 g/mol. The van der Waals surface area contributed by atoms with E-state index in [1.807, 2.05) is 6.92 Å². The maximum Gasteiger partial charge on any atom is 0.300 e. The average molecular weight is 219 g/mol. The number of aliphatic hydroxyl groups excluding tert-OH is 1. The lowest BCUT2D eigenvalue weighted by Crippen LogP contribution is -2.26. The maximum atomic E-state index is 9.27. The zero-order chi connectivity index (χ0) is 12.3. The molecule has 0 aromatic heterocycles. The van der Waals surface area contributed by atoms with E-state index in [4.69, 9.17) is 9.90 Å². The maximum absolute atomic E-state index is 9.27. The van der Waals surface area contributed by atoms with Crippen LogP contribution in [0.3, 0.4) is 0 Å². The molecule has 4 heteroatoms. The van der Waals surface area contributed by atoms with Crippen molar-refractivity contribution in [3.05, 3.63) is 0 Å². The topological polar surface area (TPSA) is 60.8 Å². The van der Waals surface area contributed by atoms with Crippen LogP contribution in [0.1, 0.15) is 40.5 Å². The van der Waals surface area contributed by atoms with E-state index in [0.717, 1.165) is 39.4 Å². The summed E-state index contributed by atoms with van der Waals surface area (Å²) in [4.78, 5) is 11.3. The lowest BCUT2D eigenvalue weighted by atomic mass is 10.2. The molecule has 0 saturated heterocycles.